The van der Waals surface area contributed by atoms with Crippen LogP contribution in [-0.2, 0) is 14.3 Å². The quantitative estimate of drug-likeness (QED) is 0.318. The molecule has 162 valence electrons. The molecule has 2 heterocycles. The predicted octanol–water partition coefficient (Wildman–Crippen LogP) is 1.06. The van der Waals surface area contributed by atoms with Gasteiger partial charge in [0.15, 0.2) is 5.96 Å². The molecule has 2 fully saturated rings. The topological polar surface area (TPSA) is 86.3 Å². The fourth-order valence-corrected chi connectivity index (χ4v) is 3.28. The van der Waals surface area contributed by atoms with Crippen LogP contribution in [0.2, 0.25) is 0 Å². The van der Waals surface area contributed by atoms with Crippen LogP contribution in [0.5, 0.6) is 0 Å². The molecule has 0 aliphatic carbocycles. The van der Waals surface area contributed by atoms with E-state index in [0.717, 1.165) is 38.4 Å². The first-order valence-electron chi connectivity index (χ1n) is 10.1. The summed E-state index contributed by atoms with van der Waals surface area (Å²) in [6.45, 7) is 13.0. The first kappa shape index (κ1) is 24.9. The van der Waals surface area contributed by atoms with Crippen LogP contribution < -0.4 is 10.6 Å². The summed E-state index contributed by atoms with van der Waals surface area (Å²) in [4.78, 5) is 33.4. The van der Waals surface area contributed by atoms with Gasteiger partial charge in [-0.25, -0.2) is 0 Å². The summed E-state index contributed by atoms with van der Waals surface area (Å²) >= 11 is 0. The second kappa shape index (κ2) is 11.8. The number of nitrogens with one attached hydrogen (secondary N) is 2. The lowest BCUT2D eigenvalue weighted by atomic mass is 9.92. The summed E-state index contributed by atoms with van der Waals surface area (Å²) < 4.78 is 5.52. The van der Waals surface area contributed by atoms with Gasteiger partial charge < -0.3 is 25.2 Å². The van der Waals surface area contributed by atoms with E-state index in [-0.39, 0.29) is 41.9 Å². The van der Waals surface area contributed by atoms with Crippen molar-refractivity contribution in [3.8, 4) is 0 Å². The zero-order valence-electron chi connectivity index (χ0n) is 17.6. The van der Waals surface area contributed by atoms with E-state index >= 15 is 0 Å². The van der Waals surface area contributed by atoms with Crippen LogP contribution >= 0.6 is 24.0 Å². The Kier molecular flexibility index (Phi) is 10.5. The lowest BCUT2D eigenvalue weighted by Gasteiger charge is -2.37. The van der Waals surface area contributed by atoms with Gasteiger partial charge in [0.25, 0.3) is 5.91 Å². The third-order valence-electron chi connectivity index (χ3n) is 5.01. The number of hydrogen-bond donors (Lipinski definition) is 2. The Labute approximate surface area is 185 Å². The molecule has 9 heteroatoms. The van der Waals surface area contributed by atoms with E-state index in [9.17, 15) is 9.59 Å². The largest absolute Gasteiger partial charge is 0.368 e. The predicted molar refractivity (Wildman–Crippen MR) is 121 cm³/mol. The van der Waals surface area contributed by atoms with Gasteiger partial charge in [0.2, 0.25) is 5.91 Å². The molecule has 8 nitrogen and oxygen atoms in total. The lowest BCUT2D eigenvalue weighted by Crippen LogP contribution is -2.55. The summed E-state index contributed by atoms with van der Waals surface area (Å²) in [7, 11) is 0. The number of aliphatic imine (C=N–C) groups is 1. The van der Waals surface area contributed by atoms with Gasteiger partial charge in [-0.1, -0.05) is 0 Å². The maximum atomic E-state index is 12.5. The highest BCUT2D eigenvalue weighted by Gasteiger charge is 2.31. The molecule has 0 aromatic carbocycles. The number of rotatable bonds is 6. The minimum Gasteiger partial charge on any atom is -0.368 e. The number of carbonyl (C=O) groups is 2. The maximum absolute atomic E-state index is 12.5. The Hall–Kier alpha value is -1.10. The van der Waals surface area contributed by atoms with Gasteiger partial charge in [-0.15, -0.1) is 24.0 Å². The molecule has 2 amide bonds. The van der Waals surface area contributed by atoms with Gasteiger partial charge in [-0.05, 0) is 40.5 Å². The van der Waals surface area contributed by atoms with Crippen molar-refractivity contribution in [1.29, 1.82) is 0 Å². The third kappa shape index (κ3) is 6.75. The number of amides is 2. The second-order valence-corrected chi connectivity index (χ2v) is 7.73. The number of hydrogen-bond acceptors (Lipinski definition) is 4. The van der Waals surface area contributed by atoms with Crippen molar-refractivity contribution in [1.82, 2.24) is 20.4 Å². The molecule has 0 aromatic rings. The molecular weight excluding hydrogens is 473 g/mol. The van der Waals surface area contributed by atoms with E-state index in [4.69, 9.17) is 9.73 Å². The zero-order chi connectivity index (χ0) is 19.9. The van der Waals surface area contributed by atoms with Crippen molar-refractivity contribution >= 4 is 41.8 Å². The number of ether oxygens (including phenoxy) is 1. The lowest BCUT2D eigenvalue weighted by molar-refractivity contribution is -0.142. The van der Waals surface area contributed by atoms with E-state index in [0.29, 0.717) is 32.8 Å². The number of nitrogens with zero attached hydrogens (tertiary/aromatic N) is 3. The Morgan fingerprint density at radius 1 is 1.07 bits per heavy atom. The summed E-state index contributed by atoms with van der Waals surface area (Å²) in [5.41, 5.74) is -0.561. The zero-order valence-corrected chi connectivity index (χ0v) is 20.0. The summed E-state index contributed by atoms with van der Waals surface area (Å²) in [5.74, 6) is 0.933. The molecule has 2 N–H and O–H groups in total. The molecule has 0 bridgehead atoms. The molecule has 0 spiro atoms. The molecule has 0 radical (unpaired) electrons. The van der Waals surface area contributed by atoms with Crippen molar-refractivity contribution in [3.63, 3.8) is 0 Å². The normalized spacial score (nSPS) is 20.6. The number of guanidine groups is 1. The van der Waals surface area contributed by atoms with Crippen LogP contribution in [0.1, 0.15) is 40.5 Å². The van der Waals surface area contributed by atoms with Crippen molar-refractivity contribution in [2.45, 2.75) is 46.6 Å². The van der Waals surface area contributed by atoms with E-state index in [1.165, 1.54) is 0 Å². The van der Waals surface area contributed by atoms with Gasteiger partial charge in [0, 0.05) is 45.9 Å². The summed E-state index contributed by atoms with van der Waals surface area (Å²) in [5, 5.41) is 6.18. The van der Waals surface area contributed by atoms with Crippen molar-refractivity contribution in [2.75, 3.05) is 52.4 Å². The van der Waals surface area contributed by atoms with Crippen LogP contribution in [-0.4, -0.2) is 86.1 Å². The first-order chi connectivity index (χ1) is 12.9. The van der Waals surface area contributed by atoms with Crippen molar-refractivity contribution in [2.24, 2.45) is 10.4 Å². The van der Waals surface area contributed by atoms with Crippen LogP contribution in [0.25, 0.3) is 0 Å². The fourth-order valence-electron chi connectivity index (χ4n) is 3.28. The molecule has 2 aliphatic heterocycles. The summed E-state index contributed by atoms with van der Waals surface area (Å²) in [6, 6.07) is 0. The van der Waals surface area contributed by atoms with Crippen LogP contribution in [0.4, 0.5) is 0 Å². The van der Waals surface area contributed by atoms with Crippen molar-refractivity contribution in [3.05, 3.63) is 0 Å². The van der Waals surface area contributed by atoms with E-state index in [2.05, 4.69) is 15.5 Å². The number of carbonyl (C=O) groups excluding carboxylic acids is 2. The minimum absolute atomic E-state index is 0. The van der Waals surface area contributed by atoms with Gasteiger partial charge in [0.1, 0.15) is 6.10 Å². The smallest absolute Gasteiger partial charge is 0.251 e. The monoisotopic (exact) mass is 509 g/mol. The molecule has 2 rings (SSSR count). The van der Waals surface area contributed by atoms with E-state index < -0.39 is 5.41 Å². The van der Waals surface area contributed by atoms with E-state index in [1.54, 1.807) is 0 Å². The van der Waals surface area contributed by atoms with Crippen LogP contribution in [0.15, 0.2) is 4.99 Å². The highest BCUT2D eigenvalue weighted by atomic mass is 127. The second-order valence-electron chi connectivity index (χ2n) is 7.73. The van der Waals surface area contributed by atoms with E-state index in [1.807, 2.05) is 32.6 Å². The molecule has 2 saturated heterocycles. The Morgan fingerprint density at radius 3 is 2.21 bits per heavy atom. The number of piperazine rings is 1. The Balaban J connectivity index is 0.00000392. The molecule has 2 aliphatic rings. The minimum atomic E-state index is -0.561. The van der Waals surface area contributed by atoms with Crippen molar-refractivity contribution < 1.29 is 14.3 Å². The van der Waals surface area contributed by atoms with Gasteiger partial charge in [-0.2, -0.15) is 0 Å². The molecule has 1 unspecified atom stereocenters. The Morgan fingerprint density at radius 2 is 1.68 bits per heavy atom. The molecule has 0 aromatic heterocycles. The average molecular weight is 509 g/mol. The fraction of sp³-hybridized carbons (Fsp3) is 0.842. The van der Waals surface area contributed by atoms with Gasteiger partial charge >= 0.3 is 0 Å². The number of halogens is 1. The molecule has 28 heavy (non-hydrogen) atoms. The van der Waals surface area contributed by atoms with Gasteiger partial charge in [0.05, 0.1) is 12.0 Å². The van der Waals surface area contributed by atoms with Gasteiger partial charge in [-0.3, -0.25) is 14.6 Å². The Bertz CT molecular complexity index is 542. The first-order valence-corrected chi connectivity index (χ1v) is 10.1. The molecular formula is C19H36IN5O3. The highest BCUT2D eigenvalue weighted by molar-refractivity contribution is 14.0. The third-order valence-corrected chi connectivity index (χ3v) is 5.01. The summed E-state index contributed by atoms with van der Waals surface area (Å²) in [6.07, 6.45) is 1.55. The van der Waals surface area contributed by atoms with Crippen LogP contribution in [0.3, 0.4) is 0 Å². The standard InChI is InChI=1S/C19H35N5O3.HI/c1-5-20-17(26)19(3,4)14-22-18(21-6-2)24-11-9-23(10-12-24)16(25)15-8-7-13-27-15;/h15H,5-14H2,1-4H3,(H,20,26)(H,21,22);1H. The molecule has 1 atom stereocenters. The average Bonchev–Trinajstić information content (AvgIpc) is 3.19. The SMILES string of the molecule is CCNC(=O)C(C)(C)CN=C(NCC)N1CCN(C(=O)C2CCCO2)CC1.I. The highest BCUT2D eigenvalue weighted by Crippen LogP contribution is 2.17. The molecule has 0 saturated carbocycles. The maximum Gasteiger partial charge on any atom is 0.251 e. The van der Waals surface area contributed by atoms with Crippen LogP contribution in [0, 0.1) is 5.41 Å².